The Bertz CT molecular complexity index is 813. The summed E-state index contributed by atoms with van der Waals surface area (Å²) in [4.78, 5) is 14.2. The second kappa shape index (κ2) is 7.70. The number of hydrogen-bond donors (Lipinski definition) is 1. The Kier molecular flexibility index (Phi) is 5.37. The molecule has 1 amide bonds. The largest absolute Gasteiger partial charge is 0.486 e. The zero-order chi connectivity index (χ0) is 18.7. The van der Waals surface area contributed by atoms with E-state index in [1.165, 1.54) is 6.07 Å². The number of ether oxygens (including phenoxy) is 2. The summed E-state index contributed by atoms with van der Waals surface area (Å²) in [6, 6.07) is 8.45. The van der Waals surface area contributed by atoms with Gasteiger partial charge in [0.2, 0.25) is 5.91 Å². The summed E-state index contributed by atoms with van der Waals surface area (Å²) in [6.45, 7) is 3.31. The van der Waals surface area contributed by atoms with Gasteiger partial charge in [-0.15, -0.1) is 0 Å². The third-order valence-corrected chi connectivity index (χ3v) is 4.27. The minimum Gasteiger partial charge on any atom is -0.486 e. The molecule has 26 heavy (non-hydrogen) atoms. The lowest BCUT2D eigenvalue weighted by Crippen LogP contribution is -2.39. The van der Waals surface area contributed by atoms with Crippen molar-refractivity contribution in [3.63, 3.8) is 0 Å². The van der Waals surface area contributed by atoms with E-state index in [-0.39, 0.29) is 11.6 Å². The van der Waals surface area contributed by atoms with E-state index in [0.29, 0.717) is 31.3 Å². The Morgan fingerprint density at radius 3 is 2.58 bits per heavy atom. The first-order valence-corrected chi connectivity index (χ1v) is 8.28. The molecule has 2 aromatic carbocycles. The minimum atomic E-state index is -1.000. The van der Waals surface area contributed by atoms with Crippen molar-refractivity contribution in [2.75, 3.05) is 25.6 Å². The van der Waals surface area contributed by atoms with Gasteiger partial charge in [0.1, 0.15) is 13.2 Å². The van der Waals surface area contributed by atoms with Gasteiger partial charge >= 0.3 is 0 Å². The van der Waals surface area contributed by atoms with Crippen LogP contribution in [0.3, 0.4) is 0 Å². The molecule has 0 spiro atoms. The molecule has 138 valence electrons. The van der Waals surface area contributed by atoms with Crippen LogP contribution in [0, 0.1) is 11.6 Å². The lowest BCUT2D eigenvalue weighted by atomic mass is 10.1. The molecule has 0 radical (unpaired) electrons. The Labute approximate surface area is 150 Å². The van der Waals surface area contributed by atoms with Gasteiger partial charge in [-0.05, 0) is 43.8 Å². The van der Waals surface area contributed by atoms with E-state index in [9.17, 15) is 13.6 Å². The zero-order valence-corrected chi connectivity index (χ0v) is 14.6. The summed E-state index contributed by atoms with van der Waals surface area (Å²) in [5.41, 5.74) is 1.19. The van der Waals surface area contributed by atoms with E-state index in [1.807, 2.05) is 30.1 Å². The first-order chi connectivity index (χ1) is 12.4. The second-order valence-electron chi connectivity index (χ2n) is 6.19. The number of carbonyl (C=O) groups is 1. The van der Waals surface area contributed by atoms with Gasteiger partial charge in [-0.25, -0.2) is 8.78 Å². The van der Waals surface area contributed by atoms with Crippen LogP contribution in [-0.4, -0.2) is 37.1 Å². The second-order valence-corrected chi connectivity index (χ2v) is 6.19. The number of halogens is 2. The van der Waals surface area contributed by atoms with E-state index < -0.39 is 17.7 Å². The van der Waals surface area contributed by atoms with Gasteiger partial charge in [0.05, 0.1) is 6.04 Å². The maximum Gasteiger partial charge on any atom is 0.241 e. The van der Waals surface area contributed by atoms with E-state index in [1.54, 1.807) is 6.92 Å². The van der Waals surface area contributed by atoms with E-state index >= 15 is 0 Å². The predicted octanol–water partition coefficient (Wildman–Crippen LogP) is 3.20. The van der Waals surface area contributed by atoms with Gasteiger partial charge in [0, 0.05) is 18.3 Å². The van der Waals surface area contributed by atoms with Crippen molar-refractivity contribution < 1.29 is 23.0 Å². The van der Waals surface area contributed by atoms with Crippen LogP contribution < -0.4 is 14.8 Å². The number of likely N-dealkylation sites (N-methyl/N-ethyl adjacent to an activating group) is 1. The molecule has 0 bridgehead atoms. The van der Waals surface area contributed by atoms with Crippen molar-refractivity contribution >= 4 is 11.6 Å². The van der Waals surface area contributed by atoms with Crippen molar-refractivity contribution in [1.29, 1.82) is 0 Å². The monoisotopic (exact) mass is 362 g/mol. The molecule has 0 fully saturated rings. The van der Waals surface area contributed by atoms with Crippen LogP contribution in [0.25, 0.3) is 0 Å². The maximum absolute atomic E-state index is 13.3. The van der Waals surface area contributed by atoms with Crippen molar-refractivity contribution in [3.8, 4) is 11.5 Å². The molecule has 3 rings (SSSR count). The zero-order valence-electron chi connectivity index (χ0n) is 14.6. The highest BCUT2D eigenvalue weighted by molar-refractivity contribution is 5.94. The molecule has 0 saturated carbocycles. The third-order valence-electron chi connectivity index (χ3n) is 4.27. The van der Waals surface area contributed by atoms with Crippen LogP contribution in [-0.2, 0) is 11.3 Å². The van der Waals surface area contributed by atoms with Crippen molar-refractivity contribution in [3.05, 3.63) is 53.6 Å². The highest BCUT2D eigenvalue weighted by Gasteiger charge is 2.20. The van der Waals surface area contributed by atoms with Crippen LogP contribution >= 0.6 is 0 Å². The van der Waals surface area contributed by atoms with Crippen LogP contribution in [0.15, 0.2) is 36.4 Å². The molecular weight excluding hydrogens is 342 g/mol. The fraction of sp³-hybridized carbons (Fsp3) is 0.316. The Balaban J connectivity index is 1.62. The first kappa shape index (κ1) is 18.1. The highest BCUT2D eigenvalue weighted by Crippen LogP contribution is 2.31. The molecule has 1 aliphatic heterocycles. The van der Waals surface area contributed by atoms with Crippen molar-refractivity contribution in [2.45, 2.75) is 19.5 Å². The van der Waals surface area contributed by atoms with Crippen LogP contribution in [0.4, 0.5) is 14.5 Å². The number of anilines is 1. The normalized spacial score (nSPS) is 14.2. The summed E-state index contributed by atoms with van der Waals surface area (Å²) in [6.07, 6.45) is 0. The third kappa shape index (κ3) is 4.11. The van der Waals surface area contributed by atoms with Crippen molar-refractivity contribution in [1.82, 2.24) is 4.90 Å². The Morgan fingerprint density at radius 2 is 1.85 bits per heavy atom. The fourth-order valence-corrected chi connectivity index (χ4v) is 2.63. The number of hydrogen-bond acceptors (Lipinski definition) is 4. The van der Waals surface area contributed by atoms with Gasteiger partial charge in [-0.2, -0.15) is 0 Å². The molecule has 7 heteroatoms. The molecule has 5 nitrogen and oxygen atoms in total. The highest BCUT2D eigenvalue weighted by atomic mass is 19.2. The average molecular weight is 362 g/mol. The van der Waals surface area contributed by atoms with E-state index in [0.717, 1.165) is 17.7 Å². The van der Waals surface area contributed by atoms with Gasteiger partial charge in [0.15, 0.2) is 23.1 Å². The average Bonchev–Trinajstić information content (AvgIpc) is 2.64. The number of fused-ring (bicyclic) bond motifs is 1. The molecule has 1 N–H and O–H groups in total. The number of nitrogens with zero attached hydrogens (tertiary/aromatic N) is 1. The summed E-state index contributed by atoms with van der Waals surface area (Å²) in [5, 5.41) is 2.59. The molecule has 1 aliphatic rings. The molecule has 0 aromatic heterocycles. The van der Waals surface area contributed by atoms with Gasteiger partial charge < -0.3 is 14.8 Å². The van der Waals surface area contributed by atoms with Gasteiger partial charge in [-0.1, -0.05) is 6.07 Å². The standard InChI is InChI=1S/C19H20F2N2O3/c1-12(19(24)22-14-4-5-15(20)16(21)10-14)23(2)11-13-3-6-17-18(9-13)26-8-7-25-17/h3-6,9-10,12H,7-8,11H2,1-2H3,(H,22,24)/t12-/m1/s1. The number of nitrogens with one attached hydrogen (secondary N) is 1. The summed E-state index contributed by atoms with van der Waals surface area (Å²) < 4.78 is 37.3. The maximum atomic E-state index is 13.3. The number of carbonyl (C=O) groups excluding carboxylic acids is 1. The van der Waals surface area contributed by atoms with Gasteiger partial charge in [-0.3, -0.25) is 9.69 Å². The molecule has 2 aromatic rings. The summed E-state index contributed by atoms with van der Waals surface area (Å²) in [5.74, 6) is -0.851. The molecule has 0 unspecified atom stereocenters. The lowest BCUT2D eigenvalue weighted by molar-refractivity contribution is -0.120. The van der Waals surface area contributed by atoms with E-state index in [2.05, 4.69) is 5.32 Å². The molecule has 1 atom stereocenters. The number of benzene rings is 2. The van der Waals surface area contributed by atoms with E-state index in [4.69, 9.17) is 9.47 Å². The Hall–Kier alpha value is -2.67. The quantitative estimate of drug-likeness (QED) is 0.888. The summed E-state index contributed by atoms with van der Waals surface area (Å²) >= 11 is 0. The number of amides is 1. The molecular formula is C19H20F2N2O3. The topological polar surface area (TPSA) is 50.8 Å². The lowest BCUT2D eigenvalue weighted by Gasteiger charge is -2.25. The predicted molar refractivity (Wildman–Crippen MR) is 93.3 cm³/mol. The molecule has 0 aliphatic carbocycles. The first-order valence-electron chi connectivity index (χ1n) is 8.28. The van der Waals surface area contributed by atoms with Crippen LogP contribution in [0.1, 0.15) is 12.5 Å². The Morgan fingerprint density at radius 1 is 1.12 bits per heavy atom. The number of rotatable bonds is 5. The van der Waals surface area contributed by atoms with Gasteiger partial charge in [0.25, 0.3) is 0 Å². The summed E-state index contributed by atoms with van der Waals surface area (Å²) in [7, 11) is 1.81. The van der Waals surface area contributed by atoms with Crippen LogP contribution in [0.2, 0.25) is 0 Å². The fourth-order valence-electron chi connectivity index (χ4n) is 2.63. The molecule has 0 saturated heterocycles. The molecule has 1 heterocycles. The SMILES string of the molecule is C[C@H](C(=O)Nc1ccc(F)c(F)c1)N(C)Cc1ccc2c(c1)OCCO2. The van der Waals surface area contributed by atoms with Crippen LogP contribution in [0.5, 0.6) is 11.5 Å². The smallest absolute Gasteiger partial charge is 0.241 e. The van der Waals surface area contributed by atoms with Crippen molar-refractivity contribution in [2.24, 2.45) is 0 Å². The minimum absolute atomic E-state index is 0.216.